The normalized spacial score (nSPS) is 11.2. The van der Waals surface area contributed by atoms with Crippen LogP contribution in [-0.4, -0.2) is 10.9 Å². The number of carbonyl (C=O) groups excluding carboxylic acids is 1. The molecule has 2 heterocycles. The van der Waals surface area contributed by atoms with E-state index in [-0.39, 0.29) is 11.4 Å². The molecule has 158 valence electrons. The maximum Gasteiger partial charge on any atom is 0.268 e. The van der Waals surface area contributed by atoms with E-state index in [0.29, 0.717) is 28.6 Å². The number of amides is 1. The molecule has 0 radical (unpaired) electrons. The highest BCUT2D eigenvalue weighted by molar-refractivity contribution is 7.15. The zero-order valence-electron chi connectivity index (χ0n) is 17.1. The van der Waals surface area contributed by atoms with Gasteiger partial charge in [0.05, 0.1) is 0 Å². The van der Waals surface area contributed by atoms with E-state index >= 15 is 0 Å². The smallest absolute Gasteiger partial charge is 0.268 e. The van der Waals surface area contributed by atoms with Crippen LogP contribution in [0.15, 0.2) is 76.9 Å². The van der Waals surface area contributed by atoms with Crippen LogP contribution < -0.4 is 5.32 Å². The second kappa shape index (κ2) is 9.41. The van der Waals surface area contributed by atoms with Gasteiger partial charge >= 0.3 is 0 Å². The number of rotatable bonds is 6. The minimum absolute atomic E-state index is 0.111. The van der Waals surface area contributed by atoms with Crippen LogP contribution in [-0.2, 0) is 11.2 Å². The van der Waals surface area contributed by atoms with Gasteiger partial charge in [-0.25, -0.2) is 9.37 Å². The summed E-state index contributed by atoms with van der Waals surface area (Å²) in [6.07, 6.45) is 3.80. The Morgan fingerprint density at radius 2 is 1.91 bits per heavy atom. The molecule has 1 N–H and O–H groups in total. The Bertz CT molecular complexity index is 1310. The third kappa shape index (κ3) is 5.17. The minimum Gasteiger partial charge on any atom is -0.457 e. The summed E-state index contributed by atoms with van der Waals surface area (Å²) in [5.41, 5.74) is 2.94. The average molecular weight is 444 g/mol. The van der Waals surface area contributed by atoms with Crippen molar-refractivity contribution in [3.63, 3.8) is 0 Å². The van der Waals surface area contributed by atoms with Crippen LogP contribution >= 0.6 is 11.3 Å². The van der Waals surface area contributed by atoms with Crippen LogP contribution in [0.5, 0.6) is 0 Å². The highest BCUT2D eigenvalue weighted by Gasteiger charge is 2.14. The summed E-state index contributed by atoms with van der Waals surface area (Å²) in [7, 11) is 0. The number of thiazole rings is 1. The third-order valence-electron chi connectivity index (χ3n) is 4.68. The van der Waals surface area contributed by atoms with Crippen molar-refractivity contribution in [1.82, 2.24) is 4.98 Å². The van der Waals surface area contributed by atoms with E-state index in [4.69, 9.17) is 4.42 Å². The summed E-state index contributed by atoms with van der Waals surface area (Å²) in [5.74, 6) is -0.0543. The average Bonchev–Trinajstić information content (AvgIpc) is 3.43. The van der Waals surface area contributed by atoms with Gasteiger partial charge in [0.1, 0.15) is 29.0 Å². The summed E-state index contributed by atoms with van der Waals surface area (Å²) < 4.78 is 18.8. The number of benzene rings is 2. The number of aromatic nitrogens is 1. The molecule has 0 aliphatic rings. The monoisotopic (exact) mass is 443 g/mol. The highest BCUT2D eigenvalue weighted by Crippen LogP contribution is 2.25. The molecule has 0 fully saturated rings. The van der Waals surface area contributed by atoms with Crippen LogP contribution in [0, 0.1) is 24.1 Å². The Morgan fingerprint density at radius 1 is 1.16 bits per heavy atom. The van der Waals surface area contributed by atoms with E-state index in [1.54, 1.807) is 30.5 Å². The van der Waals surface area contributed by atoms with Gasteiger partial charge in [-0.15, -0.1) is 11.3 Å². The molecule has 0 unspecified atom stereocenters. The molecular weight excluding hydrogens is 425 g/mol. The second-order valence-electron chi connectivity index (χ2n) is 7.13. The van der Waals surface area contributed by atoms with Crippen molar-refractivity contribution in [3.05, 3.63) is 100 Å². The molecule has 0 aliphatic carbocycles. The van der Waals surface area contributed by atoms with Gasteiger partial charge in [0.25, 0.3) is 5.91 Å². The first-order valence-corrected chi connectivity index (χ1v) is 10.6. The first-order chi connectivity index (χ1) is 15.5. The lowest BCUT2D eigenvalue weighted by Crippen LogP contribution is -2.13. The lowest BCUT2D eigenvalue weighted by atomic mass is 10.1. The van der Waals surface area contributed by atoms with Crippen LogP contribution in [0.2, 0.25) is 0 Å². The van der Waals surface area contributed by atoms with Gasteiger partial charge in [-0.05, 0) is 48.9 Å². The Hall–Kier alpha value is -4.02. The van der Waals surface area contributed by atoms with Gasteiger partial charge in [0, 0.05) is 29.1 Å². The zero-order valence-corrected chi connectivity index (χ0v) is 17.9. The van der Waals surface area contributed by atoms with Gasteiger partial charge < -0.3 is 4.42 Å². The number of furan rings is 1. The maximum atomic E-state index is 13.1. The van der Waals surface area contributed by atoms with Gasteiger partial charge in [-0.3, -0.25) is 10.1 Å². The van der Waals surface area contributed by atoms with Crippen LogP contribution in [0.4, 0.5) is 9.52 Å². The largest absolute Gasteiger partial charge is 0.457 e. The third-order valence-corrected chi connectivity index (χ3v) is 5.59. The Balaban J connectivity index is 1.44. The minimum atomic E-state index is -0.566. The van der Waals surface area contributed by atoms with E-state index in [9.17, 15) is 14.4 Å². The van der Waals surface area contributed by atoms with Crippen molar-refractivity contribution in [2.75, 3.05) is 5.32 Å². The zero-order chi connectivity index (χ0) is 22.5. The number of anilines is 1. The second-order valence-corrected chi connectivity index (χ2v) is 8.24. The topological polar surface area (TPSA) is 78.9 Å². The number of hydrogen-bond acceptors (Lipinski definition) is 5. The number of nitrogens with zero attached hydrogens (tertiary/aromatic N) is 2. The lowest BCUT2D eigenvalue weighted by molar-refractivity contribution is -0.112. The quantitative estimate of drug-likeness (QED) is 0.293. The molecule has 0 bridgehead atoms. The fourth-order valence-corrected chi connectivity index (χ4v) is 3.85. The van der Waals surface area contributed by atoms with E-state index in [1.165, 1.54) is 35.1 Å². The summed E-state index contributed by atoms with van der Waals surface area (Å²) in [4.78, 5) is 17.8. The predicted octanol–water partition coefficient (Wildman–Crippen LogP) is 5.99. The molecule has 32 heavy (non-hydrogen) atoms. The maximum absolute atomic E-state index is 13.1. The first kappa shape index (κ1) is 21.2. The molecule has 7 heteroatoms. The van der Waals surface area contributed by atoms with Crippen molar-refractivity contribution in [3.8, 4) is 17.4 Å². The van der Waals surface area contributed by atoms with Crippen LogP contribution in [0.3, 0.4) is 0 Å². The van der Waals surface area contributed by atoms with E-state index < -0.39 is 5.91 Å². The highest BCUT2D eigenvalue weighted by atomic mass is 32.1. The van der Waals surface area contributed by atoms with Gasteiger partial charge in [-0.2, -0.15) is 5.26 Å². The molecule has 4 aromatic rings. The van der Waals surface area contributed by atoms with Gasteiger partial charge in [-0.1, -0.05) is 29.8 Å². The van der Waals surface area contributed by atoms with E-state index in [0.717, 1.165) is 10.4 Å². The molecule has 0 saturated carbocycles. The summed E-state index contributed by atoms with van der Waals surface area (Å²) >= 11 is 1.36. The lowest BCUT2D eigenvalue weighted by Gasteiger charge is -2.00. The number of aryl methyl sites for hydroxylation is 1. The number of nitrogens with one attached hydrogen (secondary N) is 1. The molecule has 2 aromatic carbocycles. The molecule has 0 aliphatic heterocycles. The molecule has 5 nitrogen and oxygen atoms in total. The molecular formula is C25H18FN3O2S. The molecule has 2 aromatic heterocycles. The van der Waals surface area contributed by atoms with Crippen LogP contribution in [0.1, 0.15) is 21.8 Å². The Morgan fingerprint density at radius 3 is 2.62 bits per heavy atom. The first-order valence-electron chi connectivity index (χ1n) is 9.79. The van der Waals surface area contributed by atoms with E-state index in [1.807, 2.05) is 13.0 Å². The number of nitriles is 1. The Kier molecular flexibility index (Phi) is 6.24. The van der Waals surface area contributed by atoms with Crippen molar-refractivity contribution < 1.29 is 13.6 Å². The van der Waals surface area contributed by atoms with E-state index in [2.05, 4.69) is 34.6 Å². The fourth-order valence-electron chi connectivity index (χ4n) is 3.01. The summed E-state index contributed by atoms with van der Waals surface area (Å²) in [5, 5.41) is 12.5. The molecule has 0 atom stereocenters. The molecule has 0 saturated heterocycles. The number of halogens is 1. The SMILES string of the molecule is Cc1ccc(Cc2cnc(NC(=O)/C(C#N)=C/c3ccc(-c4ccc(F)cc4)o3)s2)cc1. The summed E-state index contributed by atoms with van der Waals surface area (Å²) in [6, 6.07) is 19.3. The number of carbonyl (C=O) groups is 1. The molecule has 1 amide bonds. The van der Waals surface area contributed by atoms with Crippen molar-refractivity contribution in [1.29, 1.82) is 5.26 Å². The van der Waals surface area contributed by atoms with Crippen molar-refractivity contribution in [2.45, 2.75) is 13.3 Å². The molecule has 0 spiro atoms. The van der Waals surface area contributed by atoms with Gasteiger partial charge in [0.15, 0.2) is 5.13 Å². The molecule has 4 rings (SSSR count). The number of hydrogen-bond donors (Lipinski definition) is 1. The fraction of sp³-hybridized carbons (Fsp3) is 0.0800. The van der Waals surface area contributed by atoms with Crippen molar-refractivity contribution in [2.24, 2.45) is 0 Å². The standard InChI is InChI=1S/C25H18FN3O2S/c1-16-2-4-17(5-3-16)12-22-15-28-25(32-22)29-24(30)19(14-27)13-21-10-11-23(31-21)18-6-8-20(26)9-7-18/h2-11,13,15H,12H2,1H3,(H,28,29,30)/b19-13+. The summed E-state index contributed by atoms with van der Waals surface area (Å²) in [6.45, 7) is 2.04. The van der Waals surface area contributed by atoms with Gasteiger partial charge in [0.2, 0.25) is 0 Å². The Labute approximate surface area is 188 Å². The predicted molar refractivity (Wildman–Crippen MR) is 122 cm³/mol. The van der Waals surface area contributed by atoms with Crippen molar-refractivity contribution >= 4 is 28.5 Å². The van der Waals surface area contributed by atoms with Crippen LogP contribution in [0.25, 0.3) is 17.4 Å².